The zero-order chi connectivity index (χ0) is 19.1. The molecule has 0 fully saturated rings. The molecule has 0 saturated heterocycles. The molecule has 0 radical (unpaired) electrons. The highest BCUT2D eigenvalue weighted by Gasteiger charge is 2.26. The maximum absolute atomic E-state index is 12.9. The van der Waals surface area contributed by atoms with Crippen molar-refractivity contribution in [3.63, 3.8) is 0 Å². The Hall–Kier alpha value is -3.22. The van der Waals surface area contributed by atoms with Gasteiger partial charge in [-0.2, -0.15) is 0 Å². The van der Waals surface area contributed by atoms with Crippen LogP contribution in [-0.2, 0) is 14.3 Å². The minimum absolute atomic E-state index is 0.267. The highest BCUT2D eigenvalue weighted by atomic mass is 16.6. The average Bonchev–Trinajstić information content (AvgIpc) is 2.65. The summed E-state index contributed by atoms with van der Waals surface area (Å²) >= 11 is 0. The summed E-state index contributed by atoms with van der Waals surface area (Å²) in [5.41, 5.74) is 0.925. The van der Waals surface area contributed by atoms with Crippen LogP contribution in [-0.4, -0.2) is 36.9 Å². The number of carbonyl (C=O) groups is 3. The first-order chi connectivity index (χ1) is 12.4. The third-order valence-corrected chi connectivity index (χ3v) is 3.69. The Labute approximate surface area is 150 Å². The van der Waals surface area contributed by atoms with Crippen molar-refractivity contribution < 1.29 is 28.6 Å². The van der Waals surface area contributed by atoms with Crippen molar-refractivity contribution in [1.29, 1.82) is 0 Å². The molecular formula is C19H19NO6. The van der Waals surface area contributed by atoms with Gasteiger partial charge in [-0.3, -0.25) is 14.4 Å². The topological polar surface area (TPSA) is 91.8 Å². The van der Waals surface area contributed by atoms with Crippen LogP contribution in [0.15, 0.2) is 42.6 Å². The predicted molar refractivity (Wildman–Crippen MR) is 92.2 cm³/mol. The number of hydrogen-bond donors (Lipinski definition) is 0. The molecule has 0 aliphatic heterocycles. The molecule has 1 aromatic heterocycles. The van der Waals surface area contributed by atoms with Gasteiger partial charge in [-0.15, -0.1) is 0 Å². The molecule has 0 N–H and O–H groups in total. The molecule has 0 aliphatic rings. The predicted octanol–water partition coefficient (Wildman–Crippen LogP) is 2.55. The van der Waals surface area contributed by atoms with Crippen LogP contribution in [0.5, 0.6) is 11.6 Å². The molecule has 1 unspecified atom stereocenters. The highest BCUT2D eigenvalue weighted by molar-refractivity contribution is 6.03. The Bertz CT molecular complexity index is 783. The van der Waals surface area contributed by atoms with Crippen molar-refractivity contribution >= 4 is 17.7 Å². The number of benzene rings is 1. The molecule has 136 valence electrons. The van der Waals surface area contributed by atoms with Crippen LogP contribution in [0.3, 0.4) is 0 Å². The molecule has 0 aliphatic carbocycles. The smallest absolute Gasteiger partial charge is 0.314 e. The number of methoxy groups -OCH3 is 2. The van der Waals surface area contributed by atoms with Gasteiger partial charge >= 0.3 is 11.9 Å². The number of pyridine rings is 1. The number of hydrogen-bond acceptors (Lipinski definition) is 7. The molecule has 2 rings (SSSR count). The van der Waals surface area contributed by atoms with Crippen LogP contribution >= 0.6 is 0 Å². The Balaban J connectivity index is 2.32. The standard InChI is InChI=1S/C19H19NO6/c1-12(21)26-18(22)10-16(13-4-7-15(24-2)8-5-13)19(23)14-6-9-17(25-3)20-11-14/h4-9,11,16H,10H2,1-3H3. The zero-order valence-corrected chi connectivity index (χ0v) is 14.7. The molecule has 7 nitrogen and oxygen atoms in total. The molecular weight excluding hydrogens is 338 g/mol. The molecule has 1 heterocycles. The number of ketones is 1. The Morgan fingerprint density at radius 3 is 2.19 bits per heavy atom. The first-order valence-electron chi connectivity index (χ1n) is 7.84. The zero-order valence-electron chi connectivity index (χ0n) is 14.7. The van der Waals surface area contributed by atoms with E-state index in [0.717, 1.165) is 6.92 Å². The van der Waals surface area contributed by atoms with E-state index in [4.69, 9.17) is 9.47 Å². The quantitative estimate of drug-likeness (QED) is 0.427. The van der Waals surface area contributed by atoms with Crippen LogP contribution < -0.4 is 9.47 Å². The third-order valence-electron chi connectivity index (χ3n) is 3.69. The lowest BCUT2D eigenvalue weighted by molar-refractivity contribution is -0.158. The number of esters is 2. The molecule has 0 spiro atoms. The second kappa shape index (κ2) is 8.75. The van der Waals surface area contributed by atoms with Crippen LogP contribution in [0.4, 0.5) is 0 Å². The van der Waals surface area contributed by atoms with Crippen molar-refractivity contribution in [2.45, 2.75) is 19.3 Å². The summed E-state index contributed by atoms with van der Waals surface area (Å²) in [4.78, 5) is 39.9. The SMILES string of the molecule is COc1ccc(C(CC(=O)OC(C)=O)C(=O)c2ccc(OC)nc2)cc1. The van der Waals surface area contributed by atoms with Gasteiger partial charge in [-0.25, -0.2) is 4.98 Å². The van der Waals surface area contributed by atoms with Gasteiger partial charge in [0.15, 0.2) is 5.78 Å². The minimum atomic E-state index is -0.817. The second-order valence-electron chi connectivity index (χ2n) is 5.45. The fourth-order valence-corrected chi connectivity index (χ4v) is 2.41. The Kier molecular flexibility index (Phi) is 6.43. The highest BCUT2D eigenvalue weighted by Crippen LogP contribution is 2.27. The van der Waals surface area contributed by atoms with Crippen molar-refractivity contribution in [3.8, 4) is 11.6 Å². The molecule has 7 heteroatoms. The van der Waals surface area contributed by atoms with Gasteiger partial charge in [-0.1, -0.05) is 12.1 Å². The van der Waals surface area contributed by atoms with Gasteiger partial charge in [0.25, 0.3) is 0 Å². The summed E-state index contributed by atoms with van der Waals surface area (Å²) in [5, 5.41) is 0. The van der Waals surface area contributed by atoms with Gasteiger partial charge in [0.1, 0.15) is 5.75 Å². The van der Waals surface area contributed by atoms with Crippen LogP contribution in [0, 0.1) is 0 Å². The second-order valence-corrected chi connectivity index (χ2v) is 5.45. The third kappa shape index (κ3) is 4.89. The van der Waals surface area contributed by atoms with E-state index in [1.165, 1.54) is 20.4 Å². The van der Waals surface area contributed by atoms with Crippen LogP contribution in [0.1, 0.15) is 35.2 Å². The first kappa shape index (κ1) is 19.1. The summed E-state index contributed by atoms with van der Waals surface area (Å²) in [6.07, 6.45) is 1.12. The van der Waals surface area contributed by atoms with Crippen molar-refractivity contribution in [3.05, 3.63) is 53.7 Å². The van der Waals surface area contributed by atoms with Gasteiger partial charge in [0.05, 0.1) is 26.6 Å². The van der Waals surface area contributed by atoms with E-state index in [9.17, 15) is 14.4 Å². The average molecular weight is 357 g/mol. The Morgan fingerprint density at radius 1 is 1.00 bits per heavy atom. The normalized spacial score (nSPS) is 11.3. The van der Waals surface area contributed by atoms with Crippen LogP contribution in [0.25, 0.3) is 0 Å². The van der Waals surface area contributed by atoms with E-state index in [1.807, 2.05) is 0 Å². The molecule has 0 saturated carbocycles. The maximum Gasteiger partial charge on any atom is 0.314 e. The molecule has 1 aromatic carbocycles. The van der Waals surface area contributed by atoms with E-state index in [0.29, 0.717) is 22.8 Å². The van der Waals surface area contributed by atoms with Gasteiger partial charge in [-0.05, 0) is 23.8 Å². The van der Waals surface area contributed by atoms with Gasteiger partial charge < -0.3 is 14.2 Å². The lowest BCUT2D eigenvalue weighted by Gasteiger charge is -2.16. The number of carbonyl (C=O) groups excluding carboxylic acids is 3. The largest absolute Gasteiger partial charge is 0.497 e. The van der Waals surface area contributed by atoms with E-state index in [-0.39, 0.29) is 12.2 Å². The summed E-state index contributed by atoms with van der Waals surface area (Å²) < 4.78 is 14.7. The number of ether oxygens (including phenoxy) is 3. The van der Waals surface area contributed by atoms with Crippen molar-refractivity contribution in [2.24, 2.45) is 0 Å². The van der Waals surface area contributed by atoms with Gasteiger partial charge in [0.2, 0.25) is 5.88 Å². The summed E-state index contributed by atoms with van der Waals surface area (Å²) in [5.74, 6) is -1.63. The summed E-state index contributed by atoms with van der Waals surface area (Å²) in [6.45, 7) is 1.13. The number of rotatable bonds is 7. The molecule has 26 heavy (non-hydrogen) atoms. The van der Waals surface area contributed by atoms with Crippen molar-refractivity contribution in [1.82, 2.24) is 4.98 Å². The first-order valence-corrected chi connectivity index (χ1v) is 7.84. The van der Waals surface area contributed by atoms with Crippen molar-refractivity contribution in [2.75, 3.05) is 14.2 Å². The Morgan fingerprint density at radius 2 is 1.69 bits per heavy atom. The number of aromatic nitrogens is 1. The monoisotopic (exact) mass is 357 g/mol. The summed E-state index contributed by atoms with van der Waals surface area (Å²) in [7, 11) is 3.01. The minimum Gasteiger partial charge on any atom is -0.497 e. The fourth-order valence-electron chi connectivity index (χ4n) is 2.41. The van der Waals surface area contributed by atoms with Crippen LogP contribution in [0.2, 0.25) is 0 Å². The maximum atomic E-state index is 12.9. The van der Waals surface area contributed by atoms with E-state index in [2.05, 4.69) is 9.72 Å². The lowest BCUT2D eigenvalue weighted by atomic mass is 9.88. The van der Waals surface area contributed by atoms with E-state index < -0.39 is 17.9 Å². The van der Waals surface area contributed by atoms with E-state index >= 15 is 0 Å². The summed E-state index contributed by atoms with van der Waals surface area (Å²) in [6, 6.07) is 9.91. The molecule has 1 atom stereocenters. The number of Topliss-reactive ketones (excluding diaryl/α,β-unsaturated/α-hetero) is 1. The molecule has 0 amide bonds. The lowest BCUT2D eigenvalue weighted by Crippen LogP contribution is -2.20. The number of nitrogens with zero attached hydrogens (tertiary/aromatic N) is 1. The van der Waals surface area contributed by atoms with E-state index in [1.54, 1.807) is 36.4 Å². The fraction of sp³-hybridized carbons (Fsp3) is 0.263. The molecule has 2 aromatic rings. The molecule has 0 bridgehead atoms. The van der Waals surface area contributed by atoms with Gasteiger partial charge in [0, 0.05) is 24.8 Å².